The molecule has 2 rings (SSSR count). The predicted molar refractivity (Wildman–Crippen MR) is 96.0 cm³/mol. The van der Waals surface area contributed by atoms with E-state index in [1.807, 2.05) is 0 Å². The van der Waals surface area contributed by atoms with Crippen LogP contribution in [0.15, 0.2) is 71.7 Å². The van der Waals surface area contributed by atoms with Gasteiger partial charge in [0.05, 0.1) is 0 Å². The summed E-state index contributed by atoms with van der Waals surface area (Å²) in [6.07, 6.45) is 0. The van der Waals surface area contributed by atoms with Gasteiger partial charge in [-0.2, -0.15) is 0 Å². The van der Waals surface area contributed by atoms with E-state index in [-0.39, 0.29) is 5.41 Å². The van der Waals surface area contributed by atoms with Crippen molar-refractivity contribution >= 4 is 38.8 Å². The van der Waals surface area contributed by atoms with Crippen molar-refractivity contribution in [1.29, 1.82) is 0 Å². The van der Waals surface area contributed by atoms with Crippen LogP contribution in [-0.4, -0.2) is 29.9 Å². The van der Waals surface area contributed by atoms with Crippen LogP contribution in [0.25, 0.3) is 0 Å². The van der Waals surface area contributed by atoms with E-state index in [4.69, 9.17) is 0 Å². The van der Waals surface area contributed by atoms with Gasteiger partial charge in [-0.3, -0.25) is 0 Å². The van der Waals surface area contributed by atoms with Gasteiger partial charge in [0.2, 0.25) is 0 Å². The Labute approximate surface area is 141 Å². The second kappa shape index (κ2) is 7.47. The van der Waals surface area contributed by atoms with Crippen molar-refractivity contribution in [3.63, 3.8) is 0 Å². The van der Waals surface area contributed by atoms with Crippen molar-refractivity contribution in [3.8, 4) is 0 Å². The Morgan fingerprint density at radius 3 is 1.81 bits per heavy atom. The van der Waals surface area contributed by atoms with Gasteiger partial charge in [-0.05, 0) is 0 Å². The summed E-state index contributed by atoms with van der Waals surface area (Å²) in [6, 6.07) is 21.7. The maximum atomic E-state index is 4.46. The fraction of sp³-hybridized carbons (Fsp3) is 0.263. The first kappa shape index (κ1) is 16.6. The zero-order chi connectivity index (χ0) is 15.3. The van der Waals surface area contributed by atoms with E-state index in [1.54, 1.807) is 0 Å². The molecule has 0 heterocycles. The summed E-state index contributed by atoms with van der Waals surface area (Å²) in [7, 11) is 0. The fourth-order valence-electron chi connectivity index (χ4n) is 2.05. The molecule has 0 nitrogen and oxygen atoms in total. The summed E-state index contributed by atoms with van der Waals surface area (Å²) in [5, 5.41) is 0. The van der Waals surface area contributed by atoms with Crippen molar-refractivity contribution < 1.29 is 0 Å². The van der Waals surface area contributed by atoms with E-state index in [9.17, 15) is 0 Å². The number of hydrogen-bond acceptors (Lipinski definition) is 0. The molecule has 1 atom stereocenters. The third kappa shape index (κ3) is 5.16. The summed E-state index contributed by atoms with van der Waals surface area (Å²) in [5.41, 5.74) is 0.267. The van der Waals surface area contributed by atoms with Crippen LogP contribution >= 0.6 is 0 Å². The normalized spacial score (nSPS) is 12.9. The van der Waals surface area contributed by atoms with E-state index in [1.165, 1.54) is 13.4 Å². The first-order valence-electron chi connectivity index (χ1n) is 7.10. The number of benzene rings is 2. The van der Waals surface area contributed by atoms with Gasteiger partial charge < -0.3 is 0 Å². The van der Waals surface area contributed by atoms with E-state index < -0.39 is 0 Å². The fourth-order valence-corrected chi connectivity index (χ4v) is 7.57. The average molecular weight is 408 g/mol. The Kier molecular flexibility index (Phi) is 5.90. The zero-order valence-corrected chi connectivity index (χ0v) is 16.3. The Balaban J connectivity index is 2.15. The molecule has 0 aliphatic rings. The molecule has 2 heteroatoms. The average Bonchev–Trinajstić information content (AvgIpc) is 2.45. The Hall–Kier alpha value is -0.781. The van der Waals surface area contributed by atoms with Gasteiger partial charge in [-0.1, -0.05) is 0 Å². The van der Waals surface area contributed by atoms with Crippen molar-refractivity contribution in [3.05, 3.63) is 71.7 Å². The summed E-state index contributed by atoms with van der Waals surface area (Å²) in [5.74, 6) is 0. The minimum absolute atomic E-state index is 0.267. The summed E-state index contributed by atoms with van der Waals surface area (Å²) in [6.45, 7) is 11.5. The molecule has 0 spiro atoms. The molecule has 2 aromatic rings. The van der Waals surface area contributed by atoms with E-state index >= 15 is 0 Å². The molecule has 110 valence electrons. The van der Waals surface area contributed by atoms with Crippen LogP contribution in [0.3, 0.4) is 0 Å². The van der Waals surface area contributed by atoms with Crippen molar-refractivity contribution in [2.45, 2.75) is 25.6 Å². The second-order valence-electron chi connectivity index (χ2n) is 6.06. The van der Waals surface area contributed by atoms with Crippen molar-refractivity contribution in [2.75, 3.05) is 0 Å². The van der Waals surface area contributed by atoms with Crippen LogP contribution in [0.5, 0.6) is 0 Å². The Bertz CT molecular complexity index is 568. The molecule has 0 aliphatic carbocycles. The minimum atomic E-state index is 0.267. The number of hydrogen-bond donors (Lipinski definition) is 0. The van der Waals surface area contributed by atoms with Crippen LogP contribution in [0.4, 0.5) is 0 Å². The van der Waals surface area contributed by atoms with Gasteiger partial charge >= 0.3 is 142 Å². The molecule has 0 N–H and O–H groups in total. The van der Waals surface area contributed by atoms with Crippen LogP contribution in [0.2, 0.25) is 4.82 Å². The number of rotatable bonds is 5. The van der Waals surface area contributed by atoms with Crippen LogP contribution in [0, 0.1) is 5.41 Å². The van der Waals surface area contributed by atoms with Crippen LogP contribution in [0.1, 0.15) is 20.8 Å². The molecular weight excluding hydrogens is 386 g/mol. The van der Waals surface area contributed by atoms with Crippen molar-refractivity contribution in [1.82, 2.24) is 0 Å². The molecule has 0 aliphatic heterocycles. The topological polar surface area (TPSA) is 0 Å². The van der Waals surface area contributed by atoms with Crippen LogP contribution < -0.4 is 8.92 Å². The summed E-state index contributed by atoms with van der Waals surface area (Å²) < 4.78 is 4.31. The molecule has 21 heavy (non-hydrogen) atoms. The second-order valence-corrected chi connectivity index (χ2v) is 11.0. The monoisotopic (exact) mass is 410 g/mol. The molecule has 0 amide bonds. The van der Waals surface area contributed by atoms with Crippen LogP contribution in [-0.2, 0) is 0 Å². The molecule has 0 bridgehead atoms. The van der Waals surface area contributed by atoms with Crippen molar-refractivity contribution in [2.24, 2.45) is 5.41 Å². The summed E-state index contributed by atoms with van der Waals surface area (Å²) in [4.78, 5) is 0.576. The van der Waals surface area contributed by atoms with Gasteiger partial charge in [0.15, 0.2) is 0 Å². The molecule has 0 fully saturated rings. The SMILES string of the molecule is C=C([Se]c1ccccc1)C([Se]c1ccccc1)C(C)(C)C. The van der Waals surface area contributed by atoms with E-state index in [2.05, 4.69) is 88.0 Å². The Morgan fingerprint density at radius 1 is 0.857 bits per heavy atom. The van der Waals surface area contributed by atoms with Gasteiger partial charge in [-0.25, -0.2) is 0 Å². The molecule has 2 aromatic carbocycles. The Morgan fingerprint density at radius 2 is 1.33 bits per heavy atom. The third-order valence-electron chi connectivity index (χ3n) is 3.07. The molecule has 0 radical (unpaired) electrons. The quantitative estimate of drug-likeness (QED) is 0.666. The molecular formula is C19H22Se2. The predicted octanol–water partition coefficient (Wildman–Crippen LogP) is 3.39. The maximum absolute atomic E-state index is 4.46. The van der Waals surface area contributed by atoms with Gasteiger partial charge in [0.1, 0.15) is 0 Å². The van der Waals surface area contributed by atoms with Gasteiger partial charge in [-0.15, -0.1) is 0 Å². The number of allylic oxidation sites excluding steroid dienone is 1. The first-order chi connectivity index (χ1) is 9.97. The van der Waals surface area contributed by atoms with E-state index in [0.29, 0.717) is 34.7 Å². The first-order valence-corrected chi connectivity index (χ1v) is 10.7. The van der Waals surface area contributed by atoms with E-state index in [0.717, 1.165) is 0 Å². The van der Waals surface area contributed by atoms with Gasteiger partial charge in [0, 0.05) is 0 Å². The molecule has 1 unspecified atom stereocenters. The third-order valence-corrected chi connectivity index (χ3v) is 9.65. The molecule has 0 saturated carbocycles. The van der Waals surface area contributed by atoms with Gasteiger partial charge in [0.25, 0.3) is 0 Å². The summed E-state index contributed by atoms with van der Waals surface area (Å²) >= 11 is 0.795. The zero-order valence-electron chi connectivity index (χ0n) is 12.9. The standard InChI is InChI=1S/C19H22Se2/c1-15(20-16-11-7-5-8-12-16)18(19(2,3)4)21-17-13-9-6-10-14-17/h5-14,18H,1H2,2-4H3. The molecule has 0 saturated heterocycles. The molecule has 0 aromatic heterocycles.